The van der Waals surface area contributed by atoms with Gasteiger partial charge in [-0.15, -0.1) is 0 Å². The summed E-state index contributed by atoms with van der Waals surface area (Å²) >= 11 is 0. The van der Waals surface area contributed by atoms with E-state index < -0.39 is 0 Å². The van der Waals surface area contributed by atoms with Gasteiger partial charge in [-0.05, 0) is 74.7 Å². The number of aldehydes is 1. The molecule has 1 aliphatic heterocycles. The zero-order valence-electron chi connectivity index (χ0n) is 20.7. The van der Waals surface area contributed by atoms with Crippen molar-refractivity contribution >= 4 is 17.2 Å². The molecule has 0 saturated heterocycles. The second-order valence-electron chi connectivity index (χ2n) is 10.2. The Morgan fingerprint density at radius 3 is 2.69 bits per heavy atom. The molecule has 6 nitrogen and oxygen atoms in total. The van der Waals surface area contributed by atoms with Crippen LogP contribution in [0, 0.1) is 5.92 Å². The highest BCUT2D eigenvalue weighted by Gasteiger charge is 2.36. The Morgan fingerprint density at radius 2 is 1.91 bits per heavy atom. The minimum atomic E-state index is -0.0941. The Balaban J connectivity index is 1.77. The molecule has 0 N–H and O–H groups in total. The fourth-order valence-corrected chi connectivity index (χ4v) is 6.53. The van der Waals surface area contributed by atoms with Gasteiger partial charge in [-0.2, -0.15) is 0 Å². The molecule has 2 unspecified atom stereocenters. The van der Waals surface area contributed by atoms with Crippen LogP contribution >= 0.6 is 0 Å². The summed E-state index contributed by atoms with van der Waals surface area (Å²) in [6.07, 6.45) is 8.73. The van der Waals surface area contributed by atoms with Crippen molar-refractivity contribution in [2.75, 3.05) is 6.54 Å². The number of para-hydroxylation sites is 2. The summed E-state index contributed by atoms with van der Waals surface area (Å²) in [5.74, 6) is 1.40. The van der Waals surface area contributed by atoms with Gasteiger partial charge in [0.1, 0.15) is 11.9 Å². The molecule has 0 radical (unpaired) electrons. The zero-order chi connectivity index (χ0) is 24.4. The van der Waals surface area contributed by atoms with Crippen molar-refractivity contribution in [3.63, 3.8) is 0 Å². The first-order valence-electron chi connectivity index (χ1n) is 13.0. The van der Waals surface area contributed by atoms with E-state index >= 15 is 0 Å². The van der Waals surface area contributed by atoms with Crippen LogP contribution in [0.25, 0.3) is 32.6 Å². The molecule has 6 heteroatoms. The van der Waals surface area contributed by atoms with Crippen LogP contribution in [0.5, 0.6) is 5.75 Å². The van der Waals surface area contributed by atoms with Crippen LogP contribution in [0.15, 0.2) is 47.6 Å². The monoisotopic (exact) mass is 470 g/mol. The maximum absolute atomic E-state index is 12.1. The number of hydrogen-bond donors (Lipinski definition) is 0. The Morgan fingerprint density at radius 1 is 1.11 bits per heavy atom. The third-order valence-corrected chi connectivity index (χ3v) is 8.18. The van der Waals surface area contributed by atoms with Crippen LogP contribution < -0.4 is 4.74 Å². The van der Waals surface area contributed by atoms with Crippen molar-refractivity contribution in [3.05, 3.63) is 64.0 Å². The van der Waals surface area contributed by atoms with Crippen LogP contribution in [-0.2, 0) is 0 Å². The Bertz CT molecular complexity index is 1270. The van der Waals surface area contributed by atoms with Gasteiger partial charge in [0.2, 0.25) is 0 Å². The number of fused-ring (bicyclic) bond motifs is 5. The first kappa shape index (κ1) is 23.5. The molecule has 182 valence electrons. The van der Waals surface area contributed by atoms with E-state index in [2.05, 4.69) is 58.8 Å². The molecule has 3 atom stereocenters. The van der Waals surface area contributed by atoms with Gasteiger partial charge in [0.05, 0.1) is 11.3 Å². The lowest BCUT2D eigenvalue weighted by Crippen LogP contribution is -2.33. The van der Waals surface area contributed by atoms with Gasteiger partial charge < -0.3 is 9.30 Å². The average Bonchev–Trinajstić information content (AvgIpc) is 3.23. The summed E-state index contributed by atoms with van der Waals surface area (Å²) in [4.78, 5) is 15.0. The molecule has 1 aromatic heterocycles. The van der Waals surface area contributed by atoms with Gasteiger partial charge in [0, 0.05) is 39.9 Å². The summed E-state index contributed by atoms with van der Waals surface area (Å²) in [5, 5.41) is 5.08. The molecule has 2 heterocycles. The maximum Gasteiger partial charge on any atom is 0.153 e. The fraction of sp³-hybridized carbons (Fsp3) is 0.483. The highest BCUT2D eigenvalue weighted by atomic mass is 16.5. The normalized spacial score (nSPS) is 22.3. The molecule has 0 spiro atoms. The first-order valence-corrected chi connectivity index (χ1v) is 13.0. The van der Waals surface area contributed by atoms with Crippen LogP contribution in [0.2, 0.25) is 0 Å². The van der Waals surface area contributed by atoms with Crippen molar-refractivity contribution in [1.82, 2.24) is 4.57 Å². The molecule has 1 fully saturated rings. The van der Waals surface area contributed by atoms with Crippen molar-refractivity contribution in [2.24, 2.45) is 11.0 Å². The third-order valence-electron chi connectivity index (χ3n) is 8.18. The maximum atomic E-state index is 12.1. The number of benzene rings is 2. The van der Waals surface area contributed by atoms with E-state index in [1.807, 2.05) is 12.1 Å². The van der Waals surface area contributed by atoms with Crippen LogP contribution in [0.3, 0.4) is 0 Å². The molecule has 1 aliphatic carbocycles. The van der Waals surface area contributed by atoms with E-state index in [4.69, 9.17) is 10.3 Å². The zero-order valence-corrected chi connectivity index (χ0v) is 20.7. The van der Waals surface area contributed by atoms with E-state index in [1.165, 1.54) is 54.3 Å². The van der Waals surface area contributed by atoms with Crippen molar-refractivity contribution in [3.8, 4) is 17.0 Å². The highest BCUT2D eigenvalue weighted by Crippen LogP contribution is 2.50. The quantitative estimate of drug-likeness (QED) is 0.120. The minimum Gasteiger partial charge on any atom is -0.489 e. The number of hydrogen-bond acceptors (Lipinski definition) is 3. The van der Waals surface area contributed by atoms with Gasteiger partial charge in [-0.1, -0.05) is 48.6 Å². The SMILES string of the molecule is CC1Oc2c(C=O)cccc2-c2c(C3CCCCC3)c3ccccc3n2C(C)[C@H]1CCCN=[N+]=[N-]. The van der Waals surface area contributed by atoms with Gasteiger partial charge in [-0.25, -0.2) is 0 Å². The van der Waals surface area contributed by atoms with E-state index in [1.54, 1.807) is 0 Å². The Kier molecular flexibility index (Phi) is 6.83. The molecule has 5 rings (SSSR count). The van der Waals surface area contributed by atoms with E-state index in [0.717, 1.165) is 24.7 Å². The predicted octanol–water partition coefficient (Wildman–Crippen LogP) is 8.22. The minimum absolute atomic E-state index is 0.0941. The largest absolute Gasteiger partial charge is 0.489 e. The van der Waals surface area contributed by atoms with Gasteiger partial charge in [0.25, 0.3) is 0 Å². The second kappa shape index (κ2) is 10.2. The Labute approximate surface area is 206 Å². The molecule has 35 heavy (non-hydrogen) atoms. The van der Waals surface area contributed by atoms with Crippen molar-refractivity contribution in [1.29, 1.82) is 0 Å². The summed E-state index contributed by atoms with van der Waals surface area (Å²) in [6.45, 7) is 4.89. The fourth-order valence-electron chi connectivity index (χ4n) is 6.53. The van der Waals surface area contributed by atoms with Gasteiger partial charge in [-0.3, -0.25) is 4.79 Å². The van der Waals surface area contributed by atoms with E-state index in [-0.39, 0.29) is 18.1 Å². The molecule has 1 saturated carbocycles. The summed E-state index contributed by atoms with van der Waals surface area (Å²) in [7, 11) is 0. The number of rotatable bonds is 6. The van der Waals surface area contributed by atoms with Crippen molar-refractivity contribution in [2.45, 2.75) is 76.9 Å². The topological polar surface area (TPSA) is 80.0 Å². The number of azide groups is 1. The molecular weight excluding hydrogens is 436 g/mol. The second-order valence-corrected chi connectivity index (χ2v) is 10.2. The smallest absolute Gasteiger partial charge is 0.153 e. The van der Waals surface area contributed by atoms with Gasteiger partial charge >= 0.3 is 0 Å². The van der Waals surface area contributed by atoms with Crippen LogP contribution in [-0.4, -0.2) is 23.5 Å². The molecular formula is C29H34N4O2. The summed E-state index contributed by atoms with van der Waals surface area (Å²) < 4.78 is 9.18. The first-order chi connectivity index (χ1) is 17.2. The standard InChI is InChI=1S/C29H34N4O2/c1-19-23(15-9-17-31-32-30)20(2)35-29-22(18-34)12-8-14-25(29)28-27(21-10-4-3-5-11-21)24-13-6-7-16-26(24)33(19)28/h6-8,12-14,16,18-21,23H,3-5,9-11,15,17H2,1-2H3/t19?,20?,23-/m1/s1. The molecule has 2 aliphatic rings. The van der Waals surface area contributed by atoms with Crippen LogP contribution in [0.1, 0.15) is 86.7 Å². The highest BCUT2D eigenvalue weighted by molar-refractivity contribution is 5.96. The molecule has 0 amide bonds. The van der Waals surface area contributed by atoms with E-state index in [0.29, 0.717) is 23.8 Å². The van der Waals surface area contributed by atoms with Crippen LogP contribution in [0.4, 0.5) is 0 Å². The lowest BCUT2D eigenvalue weighted by molar-refractivity contribution is 0.103. The number of carbonyl (C=O) groups is 1. The number of ether oxygens (including phenoxy) is 1. The third kappa shape index (κ3) is 4.21. The molecule has 0 bridgehead atoms. The predicted molar refractivity (Wildman–Crippen MR) is 140 cm³/mol. The Hall–Kier alpha value is -3.24. The lowest BCUT2D eigenvalue weighted by atomic mass is 9.81. The summed E-state index contributed by atoms with van der Waals surface area (Å²) in [5.41, 5.74) is 14.2. The molecule has 2 aromatic carbocycles. The number of carbonyl (C=O) groups excluding carboxylic acids is 1. The van der Waals surface area contributed by atoms with Gasteiger partial charge in [0.15, 0.2) is 6.29 Å². The number of nitrogens with zero attached hydrogens (tertiary/aromatic N) is 4. The molecule has 3 aromatic rings. The summed E-state index contributed by atoms with van der Waals surface area (Å²) in [6, 6.07) is 14.9. The lowest BCUT2D eigenvalue weighted by Gasteiger charge is -2.36. The number of aromatic nitrogens is 1. The average molecular weight is 471 g/mol. The van der Waals surface area contributed by atoms with E-state index in [9.17, 15) is 4.79 Å². The van der Waals surface area contributed by atoms with Crippen molar-refractivity contribution < 1.29 is 9.53 Å².